The second kappa shape index (κ2) is 9.83. The summed E-state index contributed by atoms with van der Waals surface area (Å²) in [6, 6.07) is 3.18. The van der Waals surface area contributed by atoms with Crippen LogP contribution in [0, 0.1) is 0 Å². The number of hydrogen-bond acceptors (Lipinski definition) is 7. The molecular weight excluding hydrogens is 344 g/mol. The third-order valence-corrected chi connectivity index (χ3v) is 3.40. The van der Waals surface area contributed by atoms with E-state index in [0.29, 0.717) is 4.88 Å². The normalized spacial score (nSPS) is 12.9. The first-order chi connectivity index (χ1) is 11.7. The van der Waals surface area contributed by atoms with Crippen LogP contribution in [0.1, 0.15) is 32.6 Å². The predicted molar refractivity (Wildman–Crippen MR) is 96.8 cm³/mol. The molecule has 1 atom stereocenters. The van der Waals surface area contributed by atoms with Crippen molar-refractivity contribution in [2.24, 2.45) is 5.16 Å². The SMILES string of the molecule is C=CCOC(=O)C(=NOCC(C)NC(=O)OC(C)(C)C)c1cccs1. The lowest BCUT2D eigenvalue weighted by Crippen LogP contribution is -2.39. The van der Waals surface area contributed by atoms with Crippen LogP contribution in [-0.4, -0.2) is 42.6 Å². The van der Waals surface area contributed by atoms with Crippen LogP contribution < -0.4 is 5.32 Å². The topological polar surface area (TPSA) is 86.2 Å². The van der Waals surface area contributed by atoms with Crippen LogP contribution in [0.25, 0.3) is 0 Å². The molecule has 0 saturated heterocycles. The van der Waals surface area contributed by atoms with Crippen LogP contribution in [0.4, 0.5) is 4.79 Å². The lowest BCUT2D eigenvalue weighted by molar-refractivity contribution is -0.134. The molecule has 0 radical (unpaired) electrons. The number of carbonyl (C=O) groups excluding carboxylic acids is 2. The fourth-order valence-corrected chi connectivity index (χ4v) is 2.26. The molecule has 0 aromatic carbocycles. The van der Waals surface area contributed by atoms with Crippen molar-refractivity contribution in [1.82, 2.24) is 5.32 Å². The van der Waals surface area contributed by atoms with Gasteiger partial charge in [0.1, 0.15) is 18.8 Å². The Labute approximate surface area is 151 Å². The van der Waals surface area contributed by atoms with Crippen molar-refractivity contribution in [3.05, 3.63) is 35.0 Å². The zero-order valence-corrected chi connectivity index (χ0v) is 15.7. The molecule has 7 nitrogen and oxygen atoms in total. The fraction of sp³-hybridized carbons (Fsp3) is 0.471. The maximum atomic E-state index is 12.0. The van der Waals surface area contributed by atoms with E-state index in [9.17, 15) is 9.59 Å². The first-order valence-corrected chi connectivity index (χ1v) is 8.62. The van der Waals surface area contributed by atoms with Crippen LogP contribution >= 0.6 is 11.3 Å². The molecule has 8 heteroatoms. The summed E-state index contributed by atoms with van der Waals surface area (Å²) in [7, 11) is 0. The van der Waals surface area contributed by atoms with Crippen molar-refractivity contribution in [1.29, 1.82) is 0 Å². The van der Waals surface area contributed by atoms with E-state index in [1.54, 1.807) is 39.8 Å². The number of esters is 1. The Morgan fingerprint density at radius 3 is 2.72 bits per heavy atom. The van der Waals surface area contributed by atoms with Crippen LogP contribution in [0.5, 0.6) is 0 Å². The molecule has 1 aromatic rings. The summed E-state index contributed by atoms with van der Waals surface area (Å²) in [6.07, 6.45) is 0.925. The number of alkyl carbamates (subject to hydrolysis) is 1. The molecule has 0 saturated carbocycles. The summed E-state index contributed by atoms with van der Waals surface area (Å²) in [4.78, 5) is 29.6. The predicted octanol–water partition coefficient (Wildman–Crippen LogP) is 3.11. The van der Waals surface area contributed by atoms with E-state index < -0.39 is 17.7 Å². The number of ether oxygens (including phenoxy) is 2. The van der Waals surface area contributed by atoms with Crippen LogP contribution in [-0.2, 0) is 19.1 Å². The van der Waals surface area contributed by atoms with Crippen molar-refractivity contribution in [2.45, 2.75) is 39.3 Å². The average molecular weight is 368 g/mol. The zero-order chi connectivity index (χ0) is 18.9. The van der Waals surface area contributed by atoms with Gasteiger partial charge in [-0.1, -0.05) is 23.9 Å². The molecule has 1 aromatic heterocycles. The Kier molecular flexibility index (Phi) is 8.13. The highest BCUT2D eigenvalue weighted by Gasteiger charge is 2.19. The van der Waals surface area contributed by atoms with E-state index in [1.165, 1.54) is 17.4 Å². The number of nitrogens with one attached hydrogen (secondary N) is 1. The fourth-order valence-electron chi connectivity index (χ4n) is 1.56. The van der Waals surface area contributed by atoms with Crippen molar-refractivity contribution in [2.75, 3.05) is 13.2 Å². The summed E-state index contributed by atoms with van der Waals surface area (Å²) >= 11 is 1.34. The van der Waals surface area contributed by atoms with Crippen LogP contribution in [0.15, 0.2) is 35.3 Å². The van der Waals surface area contributed by atoms with Gasteiger partial charge < -0.3 is 19.6 Å². The van der Waals surface area contributed by atoms with Crippen LogP contribution in [0.3, 0.4) is 0 Å². The van der Waals surface area contributed by atoms with Gasteiger partial charge in [-0.25, -0.2) is 9.59 Å². The van der Waals surface area contributed by atoms with Crippen molar-refractivity contribution >= 4 is 29.1 Å². The van der Waals surface area contributed by atoms with Gasteiger partial charge in [-0.05, 0) is 39.1 Å². The second-order valence-electron chi connectivity index (χ2n) is 6.15. The third kappa shape index (κ3) is 8.35. The second-order valence-corrected chi connectivity index (χ2v) is 7.10. The van der Waals surface area contributed by atoms with Crippen molar-refractivity contribution < 1.29 is 23.9 Å². The molecule has 0 fully saturated rings. The van der Waals surface area contributed by atoms with E-state index in [1.807, 2.05) is 5.38 Å². The monoisotopic (exact) mass is 368 g/mol. The molecule has 0 aliphatic carbocycles. The quantitative estimate of drug-likeness (QED) is 0.330. The Hall–Kier alpha value is -2.35. The summed E-state index contributed by atoms with van der Waals surface area (Å²) in [5.41, 5.74) is -0.509. The molecule has 0 spiro atoms. The Bertz CT molecular complexity index is 605. The minimum absolute atomic E-state index is 0.0707. The highest BCUT2D eigenvalue weighted by molar-refractivity contribution is 7.13. The van der Waals surface area contributed by atoms with Crippen molar-refractivity contribution in [3.63, 3.8) is 0 Å². The first kappa shape index (κ1) is 20.7. The summed E-state index contributed by atoms with van der Waals surface area (Å²) < 4.78 is 10.2. The molecule has 138 valence electrons. The van der Waals surface area contributed by atoms with Gasteiger partial charge in [-0.2, -0.15) is 0 Å². The van der Waals surface area contributed by atoms with E-state index in [2.05, 4.69) is 17.1 Å². The van der Waals surface area contributed by atoms with E-state index in [0.717, 1.165) is 0 Å². The summed E-state index contributed by atoms with van der Waals surface area (Å²) in [5, 5.41) is 8.31. The van der Waals surface area contributed by atoms with Gasteiger partial charge in [-0.3, -0.25) is 0 Å². The number of amides is 1. The zero-order valence-electron chi connectivity index (χ0n) is 14.9. The van der Waals surface area contributed by atoms with Gasteiger partial charge in [0.2, 0.25) is 5.71 Å². The third-order valence-electron chi connectivity index (χ3n) is 2.52. The molecule has 1 heterocycles. The molecular formula is C17H24N2O5S. The van der Waals surface area contributed by atoms with Gasteiger partial charge >= 0.3 is 12.1 Å². The Balaban J connectivity index is 2.60. The summed E-state index contributed by atoms with van der Waals surface area (Å²) in [6.45, 7) is 10.7. The van der Waals surface area contributed by atoms with E-state index >= 15 is 0 Å². The molecule has 0 bridgehead atoms. The van der Waals surface area contributed by atoms with Gasteiger partial charge in [0.15, 0.2) is 0 Å². The van der Waals surface area contributed by atoms with E-state index in [4.69, 9.17) is 14.3 Å². The molecule has 1 N–H and O–H groups in total. The molecule has 1 rings (SSSR count). The van der Waals surface area contributed by atoms with Gasteiger partial charge in [0, 0.05) is 0 Å². The van der Waals surface area contributed by atoms with Gasteiger partial charge in [-0.15, -0.1) is 11.3 Å². The lowest BCUT2D eigenvalue weighted by atomic mass is 10.2. The number of thiophene rings is 1. The Morgan fingerprint density at radius 2 is 2.16 bits per heavy atom. The summed E-state index contributed by atoms with van der Waals surface area (Å²) in [5.74, 6) is -0.602. The minimum Gasteiger partial charge on any atom is -0.457 e. The standard InChI is InChI=1S/C17H24N2O5S/c1-6-9-22-15(20)14(13-8-7-10-25-13)19-23-11-12(2)18-16(21)24-17(3,4)5/h6-8,10,12H,1,9,11H2,2-5H3,(H,18,21). The first-order valence-electron chi connectivity index (χ1n) is 7.74. The highest BCUT2D eigenvalue weighted by Crippen LogP contribution is 2.12. The van der Waals surface area contributed by atoms with Gasteiger partial charge in [0.05, 0.1) is 10.9 Å². The number of hydrogen-bond donors (Lipinski definition) is 1. The Morgan fingerprint density at radius 1 is 1.44 bits per heavy atom. The minimum atomic E-state index is -0.602. The average Bonchev–Trinajstić information content (AvgIpc) is 3.01. The smallest absolute Gasteiger partial charge is 0.407 e. The number of oxime groups is 1. The molecule has 0 aliphatic heterocycles. The molecule has 0 aliphatic rings. The molecule has 1 unspecified atom stereocenters. The maximum absolute atomic E-state index is 12.0. The lowest BCUT2D eigenvalue weighted by Gasteiger charge is -2.21. The van der Waals surface area contributed by atoms with Crippen molar-refractivity contribution in [3.8, 4) is 0 Å². The van der Waals surface area contributed by atoms with Gasteiger partial charge in [0.25, 0.3) is 0 Å². The number of nitrogens with zero attached hydrogens (tertiary/aromatic N) is 1. The van der Waals surface area contributed by atoms with E-state index in [-0.39, 0.29) is 25.0 Å². The highest BCUT2D eigenvalue weighted by atomic mass is 32.1. The maximum Gasteiger partial charge on any atom is 0.407 e. The number of rotatable bonds is 8. The molecule has 25 heavy (non-hydrogen) atoms. The van der Waals surface area contributed by atoms with Crippen LogP contribution in [0.2, 0.25) is 0 Å². The number of carbonyl (C=O) groups is 2. The molecule has 1 amide bonds. The largest absolute Gasteiger partial charge is 0.457 e.